The molecule has 0 aliphatic rings. The smallest absolute Gasteiger partial charge is 0.223 e. The van der Waals surface area contributed by atoms with Crippen molar-refractivity contribution in [1.29, 1.82) is 0 Å². The summed E-state index contributed by atoms with van der Waals surface area (Å²) in [6.45, 7) is 14.1. The average molecular weight is 240 g/mol. The Bertz CT molecular complexity index is 249. The van der Waals surface area contributed by atoms with Crippen LogP contribution < -0.4 is 5.73 Å². The molecule has 1 atom stereocenters. The van der Waals surface area contributed by atoms with Crippen molar-refractivity contribution in [3.63, 3.8) is 0 Å². The van der Waals surface area contributed by atoms with E-state index < -0.39 is 0 Å². The van der Waals surface area contributed by atoms with Gasteiger partial charge in [-0.25, -0.2) is 0 Å². The number of hydrogen-bond acceptors (Lipinski definition) is 2. The second kappa shape index (κ2) is 8.29. The standard InChI is InChI=1S/C14H28N2O/c1-6-16(10-12(4)5)14(17)8-13(9-15)7-11(2)3/h11,13H,4,6-10,15H2,1-3,5H3. The Labute approximate surface area is 106 Å². The SMILES string of the molecule is C=C(C)CN(CC)C(=O)CC(CN)CC(C)C. The van der Waals surface area contributed by atoms with Crippen LogP contribution in [-0.2, 0) is 4.79 Å². The Kier molecular flexibility index (Phi) is 7.88. The van der Waals surface area contributed by atoms with Crippen LogP contribution in [0.3, 0.4) is 0 Å². The van der Waals surface area contributed by atoms with Gasteiger partial charge >= 0.3 is 0 Å². The van der Waals surface area contributed by atoms with Gasteiger partial charge in [-0.1, -0.05) is 26.0 Å². The molecule has 100 valence electrons. The van der Waals surface area contributed by atoms with E-state index in [4.69, 9.17) is 5.73 Å². The van der Waals surface area contributed by atoms with Crippen LogP contribution in [0.2, 0.25) is 0 Å². The molecule has 3 heteroatoms. The topological polar surface area (TPSA) is 46.3 Å². The Morgan fingerprint density at radius 3 is 2.35 bits per heavy atom. The van der Waals surface area contributed by atoms with E-state index in [1.54, 1.807) is 0 Å². The maximum absolute atomic E-state index is 12.1. The lowest BCUT2D eigenvalue weighted by Gasteiger charge is -2.24. The summed E-state index contributed by atoms with van der Waals surface area (Å²) in [5.74, 6) is 1.10. The van der Waals surface area contributed by atoms with Crippen molar-refractivity contribution in [3.05, 3.63) is 12.2 Å². The van der Waals surface area contributed by atoms with E-state index in [9.17, 15) is 4.79 Å². The third-order valence-corrected chi connectivity index (χ3v) is 2.80. The summed E-state index contributed by atoms with van der Waals surface area (Å²) in [4.78, 5) is 13.9. The molecule has 0 aromatic heterocycles. The monoisotopic (exact) mass is 240 g/mol. The van der Waals surface area contributed by atoms with Crippen LogP contribution in [0.1, 0.15) is 40.5 Å². The highest BCUT2D eigenvalue weighted by atomic mass is 16.2. The zero-order valence-electron chi connectivity index (χ0n) is 11.8. The molecule has 3 nitrogen and oxygen atoms in total. The van der Waals surface area contributed by atoms with Crippen LogP contribution in [0, 0.1) is 11.8 Å². The first-order chi connectivity index (χ1) is 7.90. The van der Waals surface area contributed by atoms with Gasteiger partial charge in [0.15, 0.2) is 0 Å². The highest BCUT2D eigenvalue weighted by Crippen LogP contribution is 2.15. The van der Waals surface area contributed by atoms with Crippen molar-refractivity contribution in [2.24, 2.45) is 17.6 Å². The molecule has 2 N–H and O–H groups in total. The first-order valence-corrected chi connectivity index (χ1v) is 6.52. The summed E-state index contributed by atoms with van der Waals surface area (Å²) in [7, 11) is 0. The van der Waals surface area contributed by atoms with E-state index >= 15 is 0 Å². The summed E-state index contributed by atoms with van der Waals surface area (Å²) >= 11 is 0. The normalized spacial score (nSPS) is 12.6. The van der Waals surface area contributed by atoms with E-state index in [0.29, 0.717) is 31.3 Å². The number of amides is 1. The Morgan fingerprint density at radius 1 is 1.41 bits per heavy atom. The fourth-order valence-electron chi connectivity index (χ4n) is 2.01. The predicted molar refractivity (Wildman–Crippen MR) is 73.7 cm³/mol. The summed E-state index contributed by atoms with van der Waals surface area (Å²) in [5, 5.41) is 0. The summed E-state index contributed by atoms with van der Waals surface area (Å²) < 4.78 is 0. The molecule has 0 fully saturated rings. The van der Waals surface area contributed by atoms with Gasteiger partial charge in [0, 0.05) is 19.5 Å². The van der Waals surface area contributed by atoms with E-state index in [2.05, 4.69) is 20.4 Å². The minimum atomic E-state index is 0.201. The average Bonchev–Trinajstić information content (AvgIpc) is 2.23. The number of carbonyl (C=O) groups excluding carboxylic acids is 1. The van der Waals surface area contributed by atoms with Gasteiger partial charge in [-0.3, -0.25) is 4.79 Å². The second-order valence-corrected chi connectivity index (χ2v) is 5.30. The van der Waals surface area contributed by atoms with Crippen molar-refractivity contribution in [1.82, 2.24) is 4.90 Å². The molecule has 0 saturated heterocycles. The lowest BCUT2D eigenvalue weighted by Crippen LogP contribution is -2.34. The zero-order valence-corrected chi connectivity index (χ0v) is 11.8. The summed E-state index contributed by atoms with van der Waals surface area (Å²) in [6.07, 6.45) is 1.59. The molecule has 0 spiro atoms. The largest absolute Gasteiger partial charge is 0.339 e. The fraction of sp³-hybridized carbons (Fsp3) is 0.786. The number of likely N-dealkylation sites (N-methyl/N-ethyl adjacent to an activating group) is 1. The molecule has 0 aromatic carbocycles. The number of nitrogens with two attached hydrogens (primary N) is 1. The Hall–Kier alpha value is -0.830. The van der Waals surface area contributed by atoms with Gasteiger partial charge in [0.1, 0.15) is 0 Å². The van der Waals surface area contributed by atoms with E-state index in [-0.39, 0.29) is 5.91 Å². The van der Waals surface area contributed by atoms with Gasteiger partial charge in [0.25, 0.3) is 0 Å². The lowest BCUT2D eigenvalue weighted by molar-refractivity contribution is -0.131. The van der Waals surface area contributed by atoms with Gasteiger partial charge in [0.2, 0.25) is 5.91 Å². The molecule has 0 heterocycles. The fourth-order valence-corrected chi connectivity index (χ4v) is 2.01. The van der Waals surface area contributed by atoms with Crippen molar-refractivity contribution >= 4 is 5.91 Å². The van der Waals surface area contributed by atoms with Crippen LogP contribution in [0.4, 0.5) is 0 Å². The molecule has 0 aliphatic carbocycles. The molecular weight excluding hydrogens is 212 g/mol. The van der Waals surface area contributed by atoms with Gasteiger partial charge in [-0.2, -0.15) is 0 Å². The summed E-state index contributed by atoms with van der Waals surface area (Å²) in [6, 6.07) is 0. The molecule has 0 aliphatic heterocycles. The van der Waals surface area contributed by atoms with Crippen molar-refractivity contribution in [2.75, 3.05) is 19.6 Å². The van der Waals surface area contributed by atoms with Crippen molar-refractivity contribution in [2.45, 2.75) is 40.5 Å². The van der Waals surface area contributed by atoms with E-state index in [0.717, 1.165) is 18.5 Å². The molecule has 1 amide bonds. The number of rotatable bonds is 8. The molecule has 0 bridgehead atoms. The molecule has 0 aromatic rings. The zero-order chi connectivity index (χ0) is 13.4. The molecule has 1 unspecified atom stereocenters. The highest BCUT2D eigenvalue weighted by Gasteiger charge is 2.18. The third kappa shape index (κ3) is 7.16. The highest BCUT2D eigenvalue weighted by molar-refractivity contribution is 5.76. The Balaban J connectivity index is 4.31. The Morgan fingerprint density at radius 2 is 2.00 bits per heavy atom. The van der Waals surface area contributed by atoms with Crippen LogP contribution in [0.5, 0.6) is 0 Å². The lowest BCUT2D eigenvalue weighted by atomic mass is 9.93. The van der Waals surface area contributed by atoms with Crippen LogP contribution in [-0.4, -0.2) is 30.4 Å². The molecule has 0 saturated carbocycles. The molecular formula is C14H28N2O. The van der Waals surface area contributed by atoms with Crippen LogP contribution in [0.25, 0.3) is 0 Å². The minimum Gasteiger partial charge on any atom is -0.339 e. The molecule has 17 heavy (non-hydrogen) atoms. The first kappa shape index (κ1) is 16.2. The summed E-state index contributed by atoms with van der Waals surface area (Å²) in [5.41, 5.74) is 6.75. The molecule has 0 rings (SSSR count). The second-order valence-electron chi connectivity index (χ2n) is 5.30. The number of hydrogen-bond donors (Lipinski definition) is 1. The maximum atomic E-state index is 12.1. The van der Waals surface area contributed by atoms with E-state index in [1.807, 2.05) is 18.7 Å². The van der Waals surface area contributed by atoms with Gasteiger partial charge in [-0.05, 0) is 38.6 Å². The quantitative estimate of drug-likeness (QED) is 0.662. The van der Waals surface area contributed by atoms with Crippen LogP contribution in [0.15, 0.2) is 12.2 Å². The van der Waals surface area contributed by atoms with Gasteiger partial charge in [-0.15, -0.1) is 0 Å². The van der Waals surface area contributed by atoms with Crippen molar-refractivity contribution < 1.29 is 4.79 Å². The van der Waals surface area contributed by atoms with Gasteiger partial charge < -0.3 is 10.6 Å². The number of carbonyl (C=O) groups is 1. The predicted octanol–water partition coefficient (Wildman–Crippen LogP) is 2.42. The van der Waals surface area contributed by atoms with Crippen LogP contribution >= 0.6 is 0 Å². The van der Waals surface area contributed by atoms with Crippen molar-refractivity contribution in [3.8, 4) is 0 Å². The number of nitrogens with zero attached hydrogens (tertiary/aromatic N) is 1. The molecule has 0 radical (unpaired) electrons. The minimum absolute atomic E-state index is 0.201. The maximum Gasteiger partial charge on any atom is 0.223 e. The third-order valence-electron chi connectivity index (χ3n) is 2.80. The van der Waals surface area contributed by atoms with E-state index in [1.165, 1.54) is 0 Å². The van der Waals surface area contributed by atoms with Gasteiger partial charge in [0.05, 0.1) is 0 Å². The first-order valence-electron chi connectivity index (χ1n) is 6.52.